The fourth-order valence-electron chi connectivity index (χ4n) is 3.37. The molecule has 3 nitrogen and oxygen atoms in total. The van der Waals surface area contributed by atoms with Crippen molar-refractivity contribution in [3.63, 3.8) is 0 Å². The lowest BCUT2D eigenvalue weighted by atomic mass is 9.76. The first kappa shape index (κ1) is 12.9. The Hall–Kier alpha value is -0.570. The summed E-state index contributed by atoms with van der Waals surface area (Å²) in [6.45, 7) is 2.20. The molecule has 1 amide bonds. The molecule has 0 radical (unpaired) electrons. The first-order chi connectivity index (χ1) is 8.10. The number of hydrogen-bond acceptors (Lipinski definition) is 2. The fourth-order valence-corrected chi connectivity index (χ4v) is 3.37. The predicted molar refractivity (Wildman–Crippen MR) is 69.6 cm³/mol. The minimum Gasteiger partial charge on any atom is -0.352 e. The number of rotatable bonds is 2. The standard InChI is InChI=1S/C14H26N2O/c1-11-6-5-9-14(15,10-11)13(17)16-12-7-3-2-4-8-12/h11-12H,2-10,15H2,1H3,(H,16,17). The van der Waals surface area contributed by atoms with Crippen LogP contribution in [0.15, 0.2) is 0 Å². The zero-order valence-corrected chi connectivity index (χ0v) is 11.0. The summed E-state index contributed by atoms with van der Waals surface area (Å²) in [5, 5.41) is 3.19. The van der Waals surface area contributed by atoms with Crippen molar-refractivity contribution in [2.45, 2.75) is 76.3 Å². The van der Waals surface area contributed by atoms with E-state index in [2.05, 4.69) is 12.2 Å². The third-order valence-corrected chi connectivity index (χ3v) is 4.43. The third-order valence-electron chi connectivity index (χ3n) is 4.43. The van der Waals surface area contributed by atoms with Gasteiger partial charge in [-0.2, -0.15) is 0 Å². The molecule has 0 aliphatic heterocycles. The van der Waals surface area contributed by atoms with E-state index in [1.165, 1.54) is 25.7 Å². The molecule has 2 atom stereocenters. The van der Waals surface area contributed by atoms with Crippen LogP contribution in [0.25, 0.3) is 0 Å². The van der Waals surface area contributed by atoms with Crippen molar-refractivity contribution in [3.8, 4) is 0 Å². The molecule has 0 heterocycles. The Morgan fingerprint density at radius 2 is 1.88 bits per heavy atom. The Morgan fingerprint density at radius 1 is 1.18 bits per heavy atom. The minimum absolute atomic E-state index is 0.107. The van der Waals surface area contributed by atoms with E-state index in [1.54, 1.807) is 0 Å². The summed E-state index contributed by atoms with van der Waals surface area (Å²) in [6.07, 6.45) is 10.1. The van der Waals surface area contributed by atoms with E-state index < -0.39 is 5.54 Å². The summed E-state index contributed by atoms with van der Waals surface area (Å²) in [5.74, 6) is 0.696. The van der Waals surface area contributed by atoms with Gasteiger partial charge in [0.15, 0.2) is 0 Å². The Balaban J connectivity index is 1.89. The zero-order chi connectivity index (χ0) is 12.3. The van der Waals surface area contributed by atoms with E-state index in [4.69, 9.17) is 5.73 Å². The van der Waals surface area contributed by atoms with Gasteiger partial charge in [-0.3, -0.25) is 4.79 Å². The van der Waals surface area contributed by atoms with Gasteiger partial charge in [0.25, 0.3) is 0 Å². The van der Waals surface area contributed by atoms with E-state index in [9.17, 15) is 4.79 Å². The number of carbonyl (C=O) groups excluding carboxylic acids is 1. The van der Waals surface area contributed by atoms with Crippen LogP contribution in [0.2, 0.25) is 0 Å². The summed E-state index contributed by atoms with van der Waals surface area (Å²) < 4.78 is 0. The smallest absolute Gasteiger partial charge is 0.240 e. The number of hydrogen-bond donors (Lipinski definition) is 2. The van der Waals surface area contributed by atoms with Crippen LogP contribution in [0.5, 0.6) is 0 Å². The van der Waals surface area contributed by atoms with Gasteiger partial charge in [-0.1, -0.05) is 39.0 Å². The predicted octanol–water partition coefficient (Wildman–Crippen LogP) is 2.34. The van der Waals surface area contributed by atoms with Gasteiger partial charge < -0.3 is 11.1 Å². The molecule has 2 fully saturated rings. The van der Waals surface area contributed by atoms with Gasteiger partial charge in [-0.15, -0.1) is 0 Å². The van der Waals surface area contributed by atoms with Crippen LogP contribution in [0.3, 0.4) is 0 Å². The topological polar surface area (TPSA) is 55.1 Å². The largest absolute Gasteiger partial charge is 0.352 e. The maximum atomic E-state index is 12.3. The van der Waals surface area contributed by atoms with Crippen molar-refractivity contribution in [1.29, 1.82) is 0 Å². The van der Waals surface area contributed by atoms with Gasteiger partial charge in [0, 0.05) is 6.04 Å². The Kier molecular flexibility index (Phi) is 4.08. The van der Waals surface area contributed by atoms with E-state index >= 15 is 0 Å². The van der Waals surface area contributed by atoms with Crippen LogP contribution in [-0.2, 0) is 4.79 Å². The van der Waals surface area contributed by atoms with Crippen molar-refractivity contribution < 1.29 is 4.79 Å². The van der Waals surface area contributed by atoms with Crippen molar-refractivity contribution in [3.05, 3.63) is 0 Å². The highest BCUT2D eigenvalue weighted by Crippen LogP contribution is 2.31. The summed E-state index contributed by atoms with van der Waals surface area (Å²) in [7, 11) is 0. The van der Waals surface area contributed by atoms with Gasteiger partial charge in [0.2, 0.25) is 5.91 Å². The van der Waals surface area contributed by atoms with E-state index in [0.717, 1.165) is 32.1 Å². The van der Waals surface area contributed by atoms with E-state index in [0.29, 0.717) is 12.0 Å². The molecule has 17 heavy (non-hydrogen) atoms. The lowest BCUT2D eigenvalue weighted by molar-refractivity contribution is -0.129. The summed E-state index contributed by atoms with van der Waals surface area (Å²) >= 11 is 0. The molecule has 0 aromatic heterocycles. The molecule has 2 unspecified atom stereocenters. The number of amides is 1. The molecule has 2 saturated carbocycles. The Bertz CT molecular complexity index is 273. The highest BCUT2D eigenvalue weighted by atomic mass is 16.2. The van der Waals surface area contributed by atoms with Crippen molar-refractivity contribution in [1.82, 2.24) is 5.32 Å². The third kappa shape index (κ3) is 3.21. The lowest BCUT2D eigenvalue weighted by Crippen LogP contribution is -2.58. The normalized spacial score (nSPS) is 35.5. The van der Waals surface area contributed by atoms with Gasteiger partial charge in [-0.25, -0.2) is 0 Å². The molecule has 2 aliphatic carbocycles. The van der Waals surface area contributed by atoms with Crippen LogP contribution in [0, 0.1) is 5.92 Å². The molecule has 0 saturated heterocycles. The maximum Gasteiger partial charge on any atom is 0.240 e. The van der Waals surface area contributed by atoms with Gasteiger partial charge >= 0.3 is 0 Å². The monoisotopic (exact) mass is 238 g/mol. The highest BCUT2D eigenvalue weighted by molar-refractivity contribution is 5.86. The molecule has 3 heteroatoms. The molecule has 0 bridgehead atoms. The van der Waals surface area contributed by atoms with E-state index in [-0.39, 0.29) is 5.91 Å². The second-order valence-corrected chi connectivity index (χ2v) is 6.17. The molecule has 0 spiro atoms. The van der Waals surface area contributed by atoms with Crippen LogP contribution >= 0.6 is 0 Å². The first-order valence-corrected chi connectivity index (χ1v) is 7.20. The number of nitrogens with one attached hydrogen (secondary N) is 1. The second kappa shape index (κ2) is 5.38. The molecule has 3 N–H and O–H groups in total. The summed E-state index contributed by atoms with van der Waals surface area (Å²) in [6, 6.07) is 0.383. The molecular weight excluding hydrogens is 212 g/mol. The van der Waals surface area contributed by atoms with Crippen molar-refractivity contribution in [2.75, 3.05) is 0 Å². The molecule has 98 valence electrons. The average Bonchev–Trinajstić information content (AvgIpc) is 2.30. The Morgan fingerprint density at radius 3 is 2.53 bits per heavy atom. The van der Waals surface area contributed by atoms with Crippen molar-refractivity contribution in [2.24, 2.45) is 11.7 Å². The zero-order valence-electron chi connectivity index (χ0n) is 11.0. The molecule has 2 aliphatic rings. The molecule has 2 rings (SSSR count). The van der Waals surface area contributed by atoms with Gasteiger partial charge in [-0.05, 0) is 31.6 Å². The minimum atomic E-state index is -0.588. The second-order valence-electron chi connectivity index (χ2n) is 6.17. The highest BCUT2D eigenvalue weighted by Gasteiger charge is 2.38. The van der Waals surface area contributed by atoms with E-state index in [1.807, 2.05) is 0 Å². The Labute approximate surface area is 105 Å². The van der Waals surface area contributed by atoms with Crippen LogP contribution in [-0.4, -0.2) is 17.5 Å². The van der Waals surface area contributed by atoms with Gasteiger partial charge in [0.05, 0.1) is 5.54 Å². The molecule has 0 aromatic carbocycles. The first-order valence-electron chi connectivity index (χ1n) is 7.20. The average molecular weight is 238 g/mol. The molecular formula is C14H26N2O. The van der Waals surface area contributed by atoms with Gasteiger partial charge in [0.1, 0.15) is 0 Å². The molecule has 0 aromatic rings. The lowest BCUT2D eigenvalue weighted by Gasteiger charge is -2.37. The van der Waals surface area contributed by atoms with Crippen molar-refractivity contribution >= 4 is 5.91 Å². The van der Waals surface area contributed by atoms with Crippen LogP contribution in [0.4, 0.5) is 0 Å². The quantitative estimate of drug-likeness (QED) is 0.776. The fraction of sp³-hybridized carbons (Fsp3) is 0.929. The maximum absolute atomic E-state index is 12.3. The van der Waals surface area contributed by atoms with Crippen LogP contribution < -0.4 is 11.1 Å². The summed E-state index contributed by atoms with van der Waals surface area (Å²) in [5.41, 5.74) is 5.71. The number of carbonyl (C=O) groups is 1. The number of nitrogens with two attached hydrogens (primary N) is 1. The van der Waals surface area contributed by atoms with Crippen LogP contribution in [0.1, 0.15) is 64.7 Å². The summed E-state index contributed by atoms with van der Waals surface area (Å²) in [4.78, 5) is 12.3. The SMILES string of the molecule is CC1CCCC(N)(C(=O)NC2CCCCC2)C1.